The summed E-state index contributed by atoms with van der Waals surface area (Å²) in [6.45, 7) is 17.1. The van der Waals surface area contributed by atoms with Gasteiger partial charge in [0.15, 0.2) is 5.82 Å². The Morgan fingerprint density at radius 1 is 0.899 bits per heavy atom. The summed E-state index contributed by atoms with van der Waals surface area (Å²) in [5.41, 5.74) is 11.5. The van der Waals surface area contributed by atoms with Gasteiger partial charge in [-0.15, -0.1) is 32.9 Å². The number of hydrogen-bond donors (Lipinski definition) is 2. The van der Waals surface area contributed by atoms with Crippen LogP contribution in [0.5, 0.6) is 0 Å². The Labute approximate surface area is 411 Å². The van der Waals surface area contributed by atoms with Crippen LogP contribution in [0.25, 0.3) is 15.4 Å². The van der Waals surface area contributed by atoms with Crippen molar-refractivity contribution in [1.82, 2.24) is 35.3 Å². The van der Waals surface area contributed by atoms with Crippen molar-refractivity contribution < 1.29 is 23.9 Å². The first-order valence-corrected chi connectivity index (χ1v) is 25.3. The molecule has 3 amide bonds. The first-order chi connectivity index (χ1) is 33.0. The molecule has 2 N–H and O–H groups in total. The molecule has 3 aromatic heterocycles. The monoisotopic (exact) mass is 965 g/mol. The molecule has 6 aromatic rings. The van der Waals surface area contributed by atoms with Crippen LogP contribution < -0.4 is 15.5 Å². The van der Waals surface area contributed by atoms with E-state index in [1.807, 2.05) is 82.0 Å². The standard InChI is InChI=1S/C53H59N9O5S2/c1-29-32(4)69-52-44(29)45(56-40(27-43(63)67-9)48-59-58-33(5)62(48)52)36-20-22-39(23-21-36)60-24-10-12-35-16-19-38(26-42(35)60)49(64)57-47(53(6,7)8)51(66)61-25-11-13-41(61)50(65)55-30(2)34-14-17-37(18-15-34)46-31(3)54-28-68-46/h14-23,26,28,30,40-41,47H,10-13,24-25,27H2,1-9H3,(H,55,65)(H,57,64)/t30-,40-,41-,47?/m0/s1. The van der Waals surface area contributed by atoms with E-state index in [9.17, 15) is 19.2 Å². The summed E-state index contributed by atoms with van der Waals surface area (Å²) in [7, 11) is 1.38. The number of rotatable bonds is 11. The Morgan fingerprint density at radius 2 is 1.64 bits per heavy atom. The van der Waals surface area contributed by atoms with Gasteiger partial charge >= 0.3 is 5.97 Å². The number of methoxy groups -OCH3 is 1. The SMILES string of the molecule is COC(=O)C[C@@H]1N=C(c2ccc(N3CCCc4ccc(C(=O)NC(C(=O)N5CCC[C@H]5C(=O)N[C@@H](C)c5ccc(-c6scnc6C)cc5)C(C)(C)C)cc43)cc2)c2c(sc(C)c2C)-n2c(C)nnc21. The zero-order valence-corrected chi connectivity index (χ0v) is 42.3. The van der Waals surface area contributed by atoms with E-state index in [4.69, 9.17) is 9.73 Å². The van der Waals surface area contributed by atoms with Gasteiger partial charge in [-0.3, -0.25) is 28.7 Å². The molecule has 69 heavy (non-hydrogen) atoms. The molecule has 358 valence electrons. The van der Waals surface area contributed by atoms with Crippen molar-refractivity contribution in [1.29, 1.82) is 0 Å². The van der Waals surface area contributed by atoms with Crippen LogP contribution in [0.4, 0.5) is 11.4 Å². The van der Waals surface area contributed by atoms with Crippen LogP contribution in [-0.4, -0.2) is 86.3 Å². The number of aliphatic imine (C=N–C) groups is 1. The van der Waals surface area contributed by atoms with Crippen LogP contribution in [-0.2, 0) is 25.5 Å². The van der Waals surface area contributed by atoms with Crippen LogP contribution in [0.1, 0.15) is 126 Å². The summed E-state index contributed by atoms with van der Waals surface area (Å²) in [6.07, 6.45) is 3.05. The summed E-state index contributed by atoms with van der Waals surface area (Å²) < 4.78 is 7.10. The maximum atomic E-state index is 14.5. The second-order valence-electron chi connectivity index (χ2n) is 19.4. The summed E-state index contributed by atoms with van der Waals surface area (Å²) in [4.78, 5) is 71.2. The number of amides is 3. The quantitative estimate of drug-likeness (QED) is 0.121. The summed E-state index contributed by atoms with van der Waals surface area (Å²) >= 11 is 3.26. The Bertz CT molecular complexity index is 2980. The maximum absolute atomic E-state index is 14.5. The Kier molecular flexibility index (Phi) is 13.2. The molecule has 4 atom stereocenters. The highest BCUT2D eigenvalue weighted by Gasteiger charge is 2.42. The van der Waals surface area contributed by atoms with Gasteiger partial charge in [-0.1, -0.05) is 63.2 Å². The van der Waals surface area contributed by atoms with Gasteiger partial charge < -0.3 is 25.2 Å². The molecule has 14 nitrogen and oxygen atoms in total. The van der Waals surface area contributed by atoms with Gasteiger partial charge in [0.1, 0.15) is 29.0 Å². The number of carbonyl (C=O) groups is 4. The van der Waals surface area contributed by atoms with Gasteiger partial charge in [0.25, 0.3) is 5.91 Å². The van der Waals surface area contributed by atoms with Gasteiger partial charge in [0.05, 0.1) is 41.4 Å². The van der Waals surface area contributed by atoms with Gasteiger partial charge in [-0.25, -0.2) is 4.98 Å². The average molecular weight is 966 g/mol. The zero-order chi connectivity index (χ0) is 48.9. The average Bonchev–Trinajstić information content (AvgIpc) is 4.14. The molecule has 0 aliphatic carbocycles. The molecule has 6 heterocycles. The number of aryl methyl sites for hydroxylation is 4. The second kappa shape index (κ2) is 19.1. The van der Waals surface area contributed by atoms with Crippen molar-refractivity contribution in [3.8, 4) is 15.4 Å². The molecule has 1 unspecified atom stereocenters. The predicted octanol–water partition coefficient (Wildman–Crippen LogP) is 9.24. The molecule has 9 rings (SSSR count). The van der Waals surface area contributed by atoms with Gasteiger partial charge in [0, 0.05) is 46.0 Å². The fraction of sp³-hybridized carbons (Fsp3) is 0.396. The number of thiophene rings is 1. The van der Waals surface area contributed by atoms with Crippen molar-refractivity contribution in [2.45, 2.75) is 112 Å². The summed E-state index contributed by atoms with van der Waals surface area (Å²) in [5, 5.41) is 16.1. The molecule has 0 spiro atoms. The van der Waals surface area contributed by atoms with Crippen LogP contribution in [0, 0.1) is 33.1 Å². The molecular weight excluding hydrogens is 907 g/mol. The van der Waals surface area contributed by atoms with E-state index in [1.165, 1.54) is 7.11 Å². The fourth-order valence-corrected chi connectivity index (χ4v) is 11.8. The smallest absolute Gasteiger partial charge is 0.308 e. The number of aromatic nitrogens is 4. The molecule has 3 aromatic carbocycles. The lowest BCUT2D eigenvalue weighted by molar-refractivity contribution is -0.142. The first-order valence-electron chi connectivity index (χ1n) is 23.6. The normalized spacial score (nSPS) is 17.5. The largest absolute Gasteiger partial charge is 0.469 e. The fourth-order valence-electron chi connectivity index (χ4n) is 9.78. The lowest BCUT2D eigenvalue weighted by Gasteiger charge is -2.36. The van der Waals surface area contributed by atoms with Crippen LogP contribution in [0.2, 0.25) is 0 Å². The molecule has 3 aliphatic heterocycles. The number of nitrogens with one attached hydrogen (secondary N) is 2. The lowest BCUT2D eigenvalue weighted by atomic mass is 9.85. The first kappa shape index (κ1) is 47.5. The molecule has 1 saturated heterocycles. The van der Waals surface area contributed by atoms with E-state index >= 15 is 0 Å². The highest BCUT2D eigenvalue weighted by Crippen LogP contribution is 2.41. The number of thiazole rings is 1. The van der Waals surface area contributed by atoms with E-state index < -0.39 is 23.5 Å². The highest BCUT2D eigenvalue weighted by molar-refractivity contribution is 7.15. The molecule has 16 heteroatoms. The van der Waals surface area contributed by atoms with Gasteiger partial charge in [0.2, 0.25) is 11.8 Å². The summed E-state index contributed by atoms with van der Waals surface area (Å²) in [5.74, 6) is 0.116. The minimum absolute atomic E-state index is 0.0230. The van der Waals surface area contributed by atoms with Crippen LogP contribution >= 0.6 is 22.7 Å². The topological polar surface area (TPSA) is 164 Å². The van der Waals surface area contributed by atoms with E-state index in [1.54, 1.807) is 27.6 Å². The number of esters is 1. The third kappa shape index (κ3) is 9.23. The number of nitrogens with zero attached hydrogens (tertiary/aromatic N) is 7. The maximum Gasteiger partial charge on any atom is 0.308 e. The number of fused-ring (bicyclic) bond motifs is 4. The molecule has 0 radical (unpaired) electrons. The Morgan fingerprint density at radius 3 is 2.33 bits per heavy atom. The molecule has 1 fully saturated rings. The second-order valence-corrected chi connectivity index (χ2v) is 21.5. The third-order valence-corrected chi connectivity index (χ3v) is 15.9. The number of hydrogen-bond acceptors (Lipinski definition) is 12. The molecular formula is C53H59N9O5S2. The number of carbonyl (C=O) groups excluding carboxylic acids is 4. The third-order valence-electron chi connectivity index (χ3n) is 13.7. The van der Waals surface area contributed by atoms with Crippen molar-refractivity contribution in [2.75, 3.05) is 25.1 Å². The minimum Gasteiger partial charge on any atom is -0.469 e. The highest BCUT2D eigenvalue weighted by atomic mass is 32.1. The Hall–Kier alpha value is -6.52. The number of benzene rings is 3. The molecule has 3 aliphatic rings. The number of likely N-dealkylation sites (tertiary alicyclic amines) is 1. The van der Waals surface area contributed by atoms with Crippen molar-refractivity contribution in [2.24, 2.45) is 10.4 Å². The summed E-state index contributed by atoms with van der Waals surface area (Å²) in [6, 6.07) is 19.8. The Balaban J connectivity index is 0.925. The lowest BCUT2D eigenvalue weighted by Crippen LogP contribution is -2.57. The van der Waals surface area contributed by atoms with Gasteiger partial charge in [-0.2, -0.15) is 0 Å². The van der Waals surface area contributed by atoms with E-state index in [0.29, 0.717) is 30.8 Å². The van der Waals surface area contributed by atoms with Gasteiger partial charge in [-0.05, 0) is 112 Å². The number of ether oxygens (including phenoxy) is 1. The van der Waals surface area contributed by atoms with E-state index in [0.717, 1.165) is 96.1 Å². The minimum atomic E-state index is -0.881. The van der Waals surface area contributed by atoms with Crippen molar-refractivity contribution >= 4 is 63.5 Å². The molecule has 0 bridgehead atoms. The molecule has 0 saturated carbocycles. The zero-order valence-electron chi connectivity index (χ0n) is 40.7. The van der Waals surface area contributed by atoms with Crippen molar-refractivity contribution in [3.63, 3.8) is 0 Å². The van der Waals surface area contributed by atoms with Crippen LogP contribution in [0.15, 0.2) is 77.2 Å². The van der Waals surface area contributed by atoms with E-state index in [2.05, 4.69) is 81.0 Å². The van der Waals surface area contributed by atoms with Crippen molar-refractivity contribution in [3.05, 3.63) is 128 Å². The van der Waals surface area contributed by atoms with E-state index in [-0.39, 0.29) is 36.2 Å². The van der Waals surface area contributed by atoms with Crippen LogP contribution in [0.3, 0.4) is 0 Å². The predicted molar refractivity (Wildman–Crippen MR) is 271 cm³/mol. The number of anilines is 2.